The summed E-state index contributed by atoms with van der Waals surface area (Å²) in [7, 11) is -3.91. The highest BCUT2D eigenvalue weighted by Gasteiger charge is 2.27. The van der Waals surface area contributed by atoms with Gasteiger partial charge in [-0.3, -0.25) is 4.79 Å². The molecule has 0 amide bonds. The molecular formula is C20H23ClF3NO4S2. The van der Waals surface area contributed by atoms with Crippen LogP contribution in [0.1, 0.15) is 54.3 Å². The number of hydrogen-bond acceptors (Lipinski definition) is 4. The fourth-order valence-electron chi connectivity index (χ4n) is 2.93. The standard InChI is InChI=1S/C20H23ClF3NO4S2/c21-14-7-10-16(11-8-14)31(28,29)25-17(5-1-2-13-20(22,23)24)18-12-9-15(30-18)4-3-6-19(26)27/h7-12,17,25H,1-6,13H2,(H,26,27). The molecule has 0 saturated heterocycles. The summed E-state index contributed by atoms with van der Waals surface area (Å²) in [6, 6.07) is 8.45. The molecule has 0 aliphatic carbocycles. The lowest BCUT2D eigenvalue weighted by molar-refractivity contribution is -0.137. The Labute approximate surface area is 188 Å². The lowest BCUT2D eigenvalue weighted by atomic mass is 10.1. The number of aliphatic carboxylic acids is 1. The van der Waals surface area contributed by atoms with Crippen LogP contribution in [0.4, 0.5) is 13.2 Å². The molecule has 2 rings (SSSR count). The van der Waals surface area contributed by atoms with E-state index in [1.54, 1.807) is 12.1 Å². The third kappa shape index (κ3) is 9.18. The molecule has 1 aromatic carbocycles. The van der Waals surface area contributed by atoms with Gasteiger partial charge in [-0.05, 0) is 62.1 Å². The topological polar surface area (TPSA) is 83.5 Å². The van der Waals surface area contributed by atoms with Gasteiger partial charge in [0.1, 0.15) is 0 Å². The zero-order valence-electron chi connectivity index (χ0n) is 16.5. The molecule has 0 aliphatic heterocycles. The maximum atomic E-state index is 12.8. The number of rotatable bonds is 12. The molecule has 0 aliphatic rings. The number of hydrogen-bond donors (Lipinski definition) is 2. The van der Waals surface area contributed by atoms with E-state index >= 15 is 0 Å². The molecule has 0 bridgehead atoms. The van der Waals surface area contributed by atoms with Gasteiger partial charge in [-0.1, -0.05) is 18.0 Å². The van der Waals surface area contributed by atoms with Gasteiger partial charge in [-0.2, -0.15) is 13.2 Å². The molecule has 2 N–H and O–H groups in total. The van der Waals surface area contributed by atoms with E-state index < -0.39 is 34.6 Å². The van der Waals surface area contributed by atoms with Crippen molar-refractivity contribution in [3.63, 3.8) is 0 Å². The van der Waals surface area contributed by atoms with E-state index in [1.165, 1.54) is 35.6 Å². The van der Waals surface area contributed by atoms with Crippen LogP contribution in [0, 0.1) is 0 Å². The SMILES string of the molecule is O=C(O)CCCc1ccc(C(CCCCC(F)(F)F)NS(=O)(=O)c2ccc(Cl)cc2)s1. The fraction of sp³-hybridized carbons (Fsp3) is 0.450. The molecule has 0 fully saturated rings. The summed E-state index contributed by atoms with van der Waals surface area (Å²) >= 11 is 7.14. The second-order valence-electron chi connectivity index (χ2n) is 7.04. The summed E-state index contributed by atoms with van der Waals surface area (Å²) in [5.41, 5.74) is 0. The number of sulfonamides is 1. The Morgan fingerprint density at radius 3 is 2.39 bits per heavy atom. The Morgan fingerprint density at radius 2 is 1.77 bits per heavy atom. The Kier molecular flexibility index (Phi) is 9.35. The second-order valence-corrected chi connectivity index (χ2v) is 10.4. The van der Waals surface area contributed by atoms with Crippen LogP contribution < -0.4 is 4.72 Å². The van der Waals surface area contributed by atoms with Crippen molar-refractivity contribution in [2.24, 2.45) is 0 Å². The number of nitrogens with one attached hydrogen (secondary N) is 1. The highest BCUT2D eigenvalue weighted by atomic mass is 35.5. The molecule has 1 heterocycles. The van der Waals surface area contributed by atoms with Crippen LogP contribution in [-0.4, -0.2) is 25.7 Å². The van der Waals surface area contributed by atoms with Gasteiger partial charge < -0.3 is 5.11 Å². The van der Waals surface area contributed by atoms with E-state index in [0.29, 0.717) is 22.7 Å². The van der Waals surface area contributed by atoms with E-state index in [-0.39, 0.29) is 30.6 Å². The van der Waals surface area contributed by atoms with Crippen molar-refractivity contribution in [3.8, 4) is 0 Å². The van der Waals surface area contributed by atoms with Gasteiger partial charge in [0, 0.05) is 27.6 Å². The number of halogens is 4. The third-order valence-electron chi connectivity index (χ3n) is 4.46. The Hall–Kier alpha value is -1.62. The maximum absolute atomic E-state index is 12.8. The van der Waals surface area contributed by atoms with Crippen molar-refractivity contribution in [2.45, 2.75) is 62.1 Å². The molecule has 1 aromatic heterocycles. The van der Waals surface area contributed by atoms with Crippen LogP contribution in [0.15, 0.2) is 41.3 Å². The van der Waals surface area contributed by atoms with Crippen molar-refractivity contribution in [2.75, 3.05) is 0 Å². The number of aryl methyl sites for hydroxylation is 1. The van der Waals surface area contributed by atoms with Gasteiger partial charge in [-0.15, -0.1) is 11.3 Å². The van der Waals surface area contributed by atoms with Gasteiger partial charge in [0.05, 0.1) is 10.9 Å². The highest BCUT2D eigenvalue weighted by molar-refractivity contribution is 7.89. The van der Waals surface area contributed by atoms with Gasteiger partial charge >= 0.3 is 12.1 Å². The molecule has 0 radical (unpaired) electrons. The predicted molar refractivity (Wildman–Crippen MR) is 114 cm³/mol. The third-order valence-corrected chi connectivity index (χ3v) is 7.46. The lowest BCUT2D eigenvalue weighted by Crippen LogP contribution is -2.28. The molecule has 1 atom stereocenters. The average molecular weight is 498 g/mol. The van der Waals surface area contributed by atoms with E-state index in [4.69, 9.17) is 16.7 Å². The average Bonchev–Trinajstić information content (AvgIpc) is 3.12. The van der Waals surface area contributed by atoms with Gasteiger partial charge in [0.2, 0.25) is 10.0 Å². The minimum Gasteiger partial charge on any atom is -0.481 e. The molecule has 0 saturated carbocycles. The van der Waals surface area contributed by atoms with Crippen LogP contribution >= 0.6 is 22.9 Å². The minimum atomic E-state index is -4.25. The van der Waals surface area contributed by atoms with Crippen molar-refractivity contribution >= 4 is 38.9 Å². The molecule has 11 heteroatoms. The van der Waals surface area contributed by atoms with Crippen LogP contribution in [0.3, 0.4) is 0 Å². The molecule has 2 aromatic rings. The summed E-state index contributed by atoms with van der Waals surface area (Å²) in [4.78, 5) is 12.2. The van der Waals surface area contributed by atoms with E-state index in [9.17, 15) is 26.4 Å². The van der Waals surface area contributed by atoms with Gasteiger partial charge in [0.25, 0.3) is 0 Å². The lowest BCUT2D eigenvalue weighted by Gasteiger charge is -2.18. The largest absolute Gasteiger partial charge is 0.481 e. The Morgan fingerprint density at radius 1 is 1.10 bits per heavy atom. The molecule has 172 valence electrons. The molecule has 31 heavy (non-hydrogen) atoms. The first-order valence-corrected chi connectivity index (χ1v) is 12.3. The van der Waals surface area contributed by atoms with Gasteiger partial charge in [0.15, 0.2) is 0 Å². The first-order chi connectivity index (χ1) is 14.5. The second kappa shape index (κ2) is 11.3. The minimum absolute atomic E-state index is 0.00966. The molecule has 1 unspecified atom stereocenters. The van der Waals surface area contributed by atoms with E-state index in [0.717, 1.165) is 4.88 Å². The molecule has 5 nitrogen and oxygen atoms in total. The Bertz CT molecular complexity index is 960. The van der Waals surface area contributed by atoms with E-state index in [2.05, 4.69) is 4.72 Å². The van der Waals surface area contributed by atoms with Crippen molar-refractivity contribution in [3.05, 3.63) is 51.2 Å². The summed E-state index contributed by atoms with van der Waals surface area (Å²) in [6.07, 6.45) is -3.87. The summed E-state index contributed by atoms with van der Waals surface area (Å²) in [5.74, 6) is -0.893. The van der Waals surface area contributed by atoms with Crippen LogP contribution in [0.25, 0.3) is 0 Å². The van der Waals surface area contributed by atoms with Crippen LogP contribution in [-0.2, 0) is 21.2 Å². The zero-order valence-corrected chi connectivity index (χ0v) is 18.9. The number of carboxylic acid groups (broad SMARTS) is 1. The van der Waals surface area contributed by atoms with Crippen molar-refractivity contribution in [1.29, 1.82) is 0 Å². The number of unbranched alkanes of at least 4 members (excludes halogenated alkanes) is 1. The number of carbonyl (C=O) groups is 1. The molecule has 0 spiro atoms. The first kappa shape index (κ1) is 25.6. The summed E-state index contributed by atoms with van der Waals surface area (Å²) in [5, 5.41) is 9.14. The number of carboxylic acids is 1. The summed E-state index contributed by atoms with van der Waals surface area (Å²) in [6.45, 7) is 0. The van der Waals surface area contributed by atoms with Crippen molar-refractivity contribution < 1.29 is 31.5 Å². The number of thiophene rings is 1. The smallest absolute Gasteiger partial charge is 0.389 e. The Balaban J connectivity index is 2.13. The van der Waals surface area contributed by atoms with Crippen LogP contribution in [0.2, 0.25) is 5.02 Å². The maximum Gasteiger partial charge on any atom is 0.389 e. The zero-order chi connectivity index (χ0) is 23.1. The number of alkyl halides is 3. The van der Waals surface area contributed by atoms with E-state index in [1.807, 2.05) is 0 Å². The first-order valence-electron chi connectivity index (χ1n) is 9.61. The van der Waals surface area contributed by atoms with Gasteiger partial charge in [-0.25, -0.2) is 13.1 Å². The predicted octanol–water partition coefficient (Wildman–Crippen LogP) is 5.95. The highest BCUT2D eigenvalue weighted by Crippen LogP contribution is 2.31. The van der Waals surface area contributed by atoms with Crippen molar-refractivity contribution in [1.82, 2.24) is 4.72 Å². The summed E-state index contributed by atoms with van der Waals surface area (Å²) < 4.78 is 65.5. The molecular weight excluding hydrogens is 475 g/mol. The fourth-order valence-corrected chi connectivity index (χ4v) is 5.52. The normalized spacial score (nSPS) is 13.3. The monoisotopic (exact) mass is 497 g/mol. The quantitative estimate of drug-likeness (QED) is 0.355. The number of benzene rings is 1. The van der Waals surface area contributed by atoms with Crippen LogP contribution in [0.5, 0.6) is 0 Å².